The zero-order valence-electron chi connectivity index (χ0n) is 13.4. The van der Waals surface area contributed by atoms with Gasteiger partial charge in [-0.1, -0.05) is 30.3 Å². The van der Waals surface area contributed by atoms with Crippen molar-refractivity contribution in [3.05, 3.63) is 59.7 Å². The van der Waals surface area contributed by atoms with E-state index in [1.54, 1.807) is 42.5 Å². The molecule has 2 aromatic carbocycles. The van der Waals surface area contributed by atoms with E-state index in [9.17, 15) is 13.2 Å². The molecule has 6 heteroatoms. The molecule has 0 aliphatic carbocycles. The van der Waals surface area contributed by atoms with Crippen molar-refractivity contribution in [3.8, 4) is 5.75 Å². The molecule has 3 rings (SSSR count). The predicted molar refractivity (Wildman–Crippen MR) is 90.9 cm³/mol. The van der Waals surface area contributed by atoms with Gasteiger partial charge in [-0.2, -0.15) is 0 Å². The van der Waals surface area contributed by atoms with E-state index < -0.39 is 9.84 Å². The van der Waals surface area contributed by atoms with Crippen LogP contribution in [0.5, 0.6) is 5.75 Å². The van der Waals surface area contributed by atoms with E-state index in [-0.39, 0.29) is 17.7 Å². The van der Waals surface area contributed by atoms with E-state index in [0.29, 0.717) is 34.8 Å². The molecule has 0 spiro atoms. The predicted octanol–water partition coefficient (Wildman–Crippen LogP) is 2.73. The van der Waals surface area contributed by atoms with E-state index >= 15 is 0 Å². The summed E-state index contributed by atoms with van der Waals surface area (Å²) in [6.07, 6.45) is 0.363. The van der Waals surface area contributed by atoms with Gasteiger partial charge in [-0.25, -0.2) is 8.42 Å². The summed E-state index contributed by atoms with van der Waals surface area (Å²) in [6.45, 7) is 2.33. The Labute approximate surface area is 141 Å². The van der Waals surface area contributed by atoms with E-state index in [1.807, 2.05) is 13.0 Å². The van der Waals surface area contributed by atoms with Gasteiger partial charge in [0.05, 0.1) is 28.9 Å². The van der Waals surface area contributed by atoms with Crippen molar-refractivity contribution in [1.29, 1.82) is 0 Å². The number of ether oxygens (including phenoxy) is 1. The number of nitrogens with one attached hydrogen (secondary N) is 1. The monoisotopic (exact) mass is 345 g/mol. The highest BCUT2D eigenvalue weighted by Crippen LogP contribution is 2.32. The standard InChI is InChI=1S/C18H19NO4S/c1-2-23-16-9-5-3-8-14(16)18(20)19-15-11-12-24(21,22)17-10-6-4-7-13(15)17/h3-10,15H,2,11-12H2,1H3,(H,19,20). The number of carbonyl (C=O) groups is 1. The highest BCUT2D eigenvalue weighted by Gasteiger charge is 2.31. The van der Waals surface area contributed by atoms with Crippen molar-refractivity contribution >= 4 is 15.7 Å². The van der Waals surface area contributed by atoms with Crippen LogP contribution in [0.15, 0.2) is 53.4 Å². The number of sulfone groups is 1. The van der Waals surface area contributed by atoms with Crippen LogP contribution in [0.3, 0.4) is 0 Å². The minimum Gasteiger partial charge on any atom is -0.493 e. The first-order valence-electron chi connectivity index (χ1n) is 7.87. The zero-order chi connectivity index (χ0) is 17.2. The zero-order valence-corrected chi connectivity index (χ0v) is 14.2. The van der Waals surface area contributed by atoms with Crippen LogP contribution in [0.25, 0.3) is 0 Å². The quantitative estimate of drug-likeness (QED) is 0.925. The Morgan fingerprint density at radius 1 is 1.17 bits per heavy atom. The molecule has 0 bridgehead atoms. The molecule has 1 amide bonds. The van der Waals surface area contributed by atoms with Gasteiger partial charge < -0.3 is 10.1 Å². The fourth-order valence-electron chi connectivity index (χ4n) is 2.91. The van der Waals surface area contributed by atoms with Crippen molar-refractivity contribution in [2.75, 3.05) is 12.4 Å². The summed E-state index contributed by atoms with van der Waals surface area (Å²) >= 11 is 0. The first kappa shape index (κ1) is 16.5. The molecule has 1 N–H and O–H groups in total. The Balaban J connectivity index is 1.89. The summed E-state index contributed by atoms with van der Waals surface area (Å²) in [7, 11) is -3.27. The molecule has 0 radical (unpaired) electrons. The maximum atomic E-state index is 12.6. The van der Waals surface area contributed by atoms with Crippen LogP contribution >= 0.6 is 0 Å². The molecule has 1 aliphatic heterocycles. The van der Waals surface area contributed by atoms with Gasteiger partial charge in [0.15, 0.2) is 9.84 Å². The summed E-state index contributed by atoms with van der Waals surface area (Å²) in [6, 6.07) is 13.5. The van der Waals surface area contributed by atoms with Crippen molar-refractivity contribution < 1.29 is 17.9 Å². The number of rotatable bonds is 4. The van der Waals surface area contributed by atoms with Crippen LogP contribution in [0.1, 0.15) is 35.3 Å². The molecule has 2 aromatic rings. The summed E-state index contributed by atoms with van der Waals surface area (Å²) < 4.78 is 29.9. The molecule has 1 heterocycles. The van der Waals surface area contributed by atoms with E-state index in [0.717, 1.165) is 0 Å². The largest absolute Gasteiger partial charge is 0.493 e. The smallest absolute Gasteiger partial charge is 0.255 e. The number of hydrogen-bond acceptors (Lipinski definition) is 4. The SMILES string of the molecule is CCOc1ccccc1C(=O)NC1CCS(=O)(=O)c2ccccc21. The van der Waals surface area contributed by atoms with E-state index in [2.05, 4.69) is 5.32 Å². The van der Waals surface area contributed by atoms with Crippen LogP contribution in [-0.4, -0.2) is 26.7 Å². The lowest BCUT2D eigenvalue weighted by Crippen LogP contribution is -2.34. The van der Waals surface area contributed by atoms with Gasteiger partial charge in [0.1, 0.15) is 5.75 Å². The van der Waals surface area contributed by atoms with Gasteiger partial charge in [-0.3, -0.25) is 4.79 Å². The first-order chi connectivity index (χ1) is 11.5. The number of carbonyl (C=O) groups excluding carboxylic acids is 1. The summed E-state index contributed by atoms with van der Waals surface area (Å²) in [5.41, 5.74) is 1.09. The highest BCUT2D eigenvalue weighted by molar-refractivity contribution is 7.91. The molecule has 1 unspecified atom stereocenters. The highest BCUT2D eigenvalue weighted by atomic mass is 32.2. The topological polar surface area (TPSA) is 72.5 Å². The van der Waals surface area contributed by atoms with E-state index in [4.69, 9.17) is 4.74 Å². The first-order valence-corrected chi connectivity index (χ1v) is 9.52. The second-order valence-corrected chi connectivity index (χ2v) is 7.68. The van der Waals surface area contributed by atoms with Crippen LogP contribution < -0.4 is 10.1 Å². The molecule has 126 valence electrons. The third-order valence-corrected chi connectivity index (χ3v) is 5.86. The average Bonchev–Trinajstić information content (AvgIpc) is 2.58. The second-order valence-electron chi connectivity index (χ2n) is 5.60. The number of para-hydroxylation sites is 1. The summed E-state index contributed by atoms with van der Waals surface area (Å²) in [5.74, 6) is 0.287. The minimum absolute atomic E-state index is 0.0298. The van der Waals surface area contributed by atoms with Gasteiger partial charge in [-0.05, 0) is 37.1 Å². The third-order valence-electron chi connectivity index (χ3n) is 4.04. The van der Waals surface area contributed by atoms with Crippen molar-refractivity contribution in [3.63, 3.8) is 0 Å². The van der Waals surface area contributed by atoms with Gasteiger partial charge in [-0.15, -0.1) is 0 Å². The van der Waals surface area contributed by atoms with Gasteiger partial charge in [0, 0.05) is 0 Å². The van der Waals surface area contributed by atoms with Gasteiger partial charge in [0.2, 0.25) is 0 Å². The van der Waals surface area contributed by atoms with Crippen molar-refractivity contribution in [1.82, 2.24) is 5.32 Å². The van der Waals surface area contributed by atoms with Crippen LogP contribution in [0.2, 0.25) is 0 Å². The van der Waals surface area contributed by atoms with Crippen LogP contribution in [0.4, 0.5) is 0 Å². The lowest BCUT2D eigenvalue weighted by molar-refractivity contribution is 0.0930. The number of hydrogen-bond donors (Lipinski definition) is 1. The normalized spacial score (nSPS) is 18.5. The molecule has 0 fully saturated rings. The number of fused-ring (bicyclic) bond motifs is 1. The Morgan fingerprint density at radius 3 is 2.67 bits per heavy atom. The summed E-state index contributed by atoms with van der Waals surface area (Å²) in [4.78, 5) is 12.9. The van der Waals surface area contributed by atoms with Crippen LogP contribution in [0, 0.1) is 0 Å². The molecule has 0 saturated carbocycles. The number of amides is 1. The fourth-order valence-corrected chi connectivity index (χ4v) is 4.53. The van der Waals surface area contributed by atoms with Crippen molar-refractivity contribution in [2.45, 2.75) is 24.3 Å². The lowest BCUT2D eigenvalue weighted by atomic mass is 10.0. The van der Waals surface area contributed by atoms with E-state index in [1.165, 1.54) is 0 Å². The molecule has 24 heavy (non-hydrogen) atoms. The molecular weight excluding hydrogens is 326 g/mol. The second kappa shape index (κ2) is 6.65. The maximum absolute atomic E-state index is 12.6. The Morgan fingerprint density at radius 2 is 1.88 bits per heavy atom. The van der Waals surface area contributed by atoms with Gasteiger partial charge >= 0.3 is 0 Å². The molecule has 5 nitrogen and oxygen atoms in total. The molecule has 0 aromatic heterocycles. The third kappa shape index (κ3) is 3.14. The molecule has 1 aliphatic rings. The maximum Gasteiger partial charge on any atom is 0.255 e. The number of benzene rings is 2. The summed E-state index contributed by atoms with van der Waals surface area (Å²) in [5, 5.41) is 2.94. The molecule has 0 saturated heterocycles. The minimum atomic E-state index is -3.27. The van der Waals surface area contributed by atoms with Gasteiger partial charge in [0.25, 0.3) is 5.91 Å². The Hall–Kier alpha value is -2.34. The Kier molecular flexibility index (Phi) is 4.57. The lowest BCUT2D eigenvalue weighted by Gasteiger charge is -2.26. The average molecular weight is 345 g/mol. The molecular formula is C18H19NO4S. The Bertz CT molecular complexity index is 861. The van der Waals surface area contributed by atoms with Crippen molar-refractivity contribution in [2.24, 2.45) is 0 Å². The fraction of sp³-hybridized carbons (Fsp3) is 0.278. The van der Waals surface area contributed by atoms with Crippen LogP contribution in [-0.2, 0) is 9.84 Å². The molecule has 1 atom stereocenters.